The molecular weight excluding hydrogens is 212 g/mol. The van der Waals surface area contributed by atoms with Gasteiger partial charge in [-0.3, -0.25) is 0 Å². The Labute approximate surface area is 101 Å². The van der Waals surface area contributed by atoms with Gasteiger partial charge in [0.1, 0.15) is 5.75 Å². The average Bonchev–Trinajstić information content (AvgIpc) is 2.37. The van der Waals surface area contributed by atoms with Crippen LogP contribution in [-0.2, 0) is 0 Å². The average molecular weight is 228 g/mol. The van der Waals surface area contributed by atoms with E-state index in [1.165, 1.54) is 0 Å². The first-order valence-electron chi connectivity index (χ1n) is 5.62. The molecule has 1 N–H and O–H groups in total. The van der Waals surface area contributed by atoms with E-state index in [2.05, 4.69) is 6.58 Å². The smallest absolute Gasteiger partial charge is 0.126 e. The largest absolute Gasteiger partial charge is 0.496 e. The molecule has 0 aliphatic carbocycles. The van der Waals surface area contributed by atoms with Gasteiger partial charge in [-0.05, 0) is 23.4 Å². The van der Waals surface area contributed by atoms with Crippen LogP contribution >= 0.6 is 0 Å². The second kappa shape index (κ2) is 5.02. The van der Waals surface area contributed by atoms with E-state index in [0.29, 0.717) is 6.42 Å². The van der Waals surface area contributed by atoms with Crippen LogP contribution in [0, 0.1) is 0 Å². The van der Waals surface area contributed by atoms with E-state index in [0.717, 1.165) is 22.1 Å². The summed E-state index contributed by atoms with van der Waals surface area (Å²) in [5.74, 6) is 0.829. The molecule has 88 valence electrons. The number of methoxy groups -OCH3 is 1. The van der Waals surface area contributed by atoms with Gasteiger partial charge in [-0.15, -0.1) is 6.58 Å². The first-order chi connectivity index (χ1) is 8.27. The second-order valence-electron chi connectivity index (χ2n) is 3.94. The summed E-state index contributed by atoms with van der Waals surface area (Å²) in [5, 5.41) is 12.1. The molecule has 2 aromatic rings. The van der Waals surface area contributed by atoms with E-state index < -0.39 is 6.10 Å². The van der Waals surface area contributed by atoms with Gasteiger partial charge >= 0.3 is 0 Å². The van der Waals surface area contributed by atoms with Crippen molar-refractivity contribution in [2.45, 2.75) is 12.5 Å². The maximum Gasteiger partial charge on any atom is 0.126 e. The molecule has 1 unspecified atom stereocenters. The molecule has 2 aromatic carbocycles. The van der Waals surface area contributed by atoms with Crippen LogP contribution < -0.4 is 4.74 Å². The minimum Gasteiger partial charge on any atom is -0.496 e. The van der Waals surface area contributed by atoms with E-state index in [1.54, 1.807) is 13.2 Å². The molecule has 0 bridgehead atoms. The molecule has 0 amide bonds. The van der Waals surface area contributed by atoms with E-state index in [4.69, 9.17) is 4.74 Å². The van der Waals surface area contributed by atoms with Crippen molar-refractivity contribution in [2.75, 3.05) is 7.11 Å². The fourth-order valence-corrected chi connectivity index (χ4v) is 2.05. The molecule has 0 radical (unpaired) electrons. The third kappa shape index (κ3) is 2.17. The van der Waals surface area contributed by atoms with Gasteiger partial charge in [0.05, 0.1) is 13.2 Å². The Hall–Kier alpha value is -1.80. The van der Waals surface area contributed by atoms with E-state index >= 15 is 0 Å². The minimum atomic E-state index is -0.511. The highest BCUT2D eigenvalue weighted by atomic mass is 16.5. The SMILES string of the molecule is C=CCC(O)c1ccc(OC)c2ccccc12. The number of hydrogen-bond donors (Lipinski definition) is 1. The molecule has 0 heterocycles. The van der Waals surface area contributed by atoms with Crippen LogP contribution in [0.1, 0.15) is 18.1 Å². The molecular formula is C15H16O2. The monoisotopic (exact) mass is 228 g/mol. The van der Waals surface area contributed by atoms with Gasteiger partial charge in [-0.2, -0.15) is 0 Å². The maximum atomic E-state index is 10.1. The van der Waals surface area contributed by atoms with Crippen molar-refractivity contribution in [1.29, 1.82) is 0 Å². The summed E-state index contributed by atoms with van der Waals surface area (Å²) in [6.07, 6.45) is 1.77. The molecule has 2 nitrogen and oxygen atoms in total. The minimum absolute atomic E-state index is 0.511. The predicted molar refractivity (Wildman–Crippen MR) is 70.3 cm³/mol. The molecule has 0 aromatic heterocycles. The normalized spacial score (nSPS) is 12.4. The van der Waals surface area contributed by atoms with Crippen LogP contribution in [0.25, 0.3) is 10.8 Å². The number of aliphatic hydroxyl groups is 1. The first-order valence-corrected chi connectivity index (χ1v) is 5.62. The Morgan fingerprint density at radius 3 is 2.59 bits per heavy atom. The lowest BCUT2D eigenvalue weighted by molar-refractivity contribution is 0.183. The zero-order chi connectivity index (χ0) is 12.3. The van der Waals surface area contributed by atoms with Crippen LogP contribution in [0.2, 0.25) is 0 Å². The second-order valence-corrected chi connectivity index (χ2v) is 3.94. The van der Waals surface area contributed by atoms with Crippen molar-refractivity contribution >= 4 is 10.8 Å². The number of ether oxygens (including phenoxy) is 1. The molecule has 0 fully saturated rings. The van der Waals surface area contributed by atoms with Gasteiger partial charge in [0.2, 0.25) is 0 Å². The molecule has 17 heavy (non-hydrogen) atoms. The third-order valence-electron chi connectivity index (χ3n) is 2.89. The summed E-state index contributed by atoms with van der Waals surface area (Å²) < 4.78 is 5.32. The number of hydrogen-bond acceptors (Lipinski definition) is 2. The van der Waals surface area contributed by atoms with Gasteiger partial charge in [0.25, 0.3) is 0 Å². The van der Waals surface area contributed by atoms with E-state index in [-0.39, 0.29) is 0 Å². The zero-order valence-corrected chi connectivity index (χ0v) is 9.89. The Morgan fingerprint density at radius 2 is 1.94 bits per heavy atom. The molecule has 0 aliphatic rings. The van der Waals surface area contributed by atoms with Gasteiger partial charge < -0.3 is 9.84 Å². The van der Waals surface area contributed by atoms with Crippen molar-refractivity contribution in [1.82, 2.24) is 0 Å². The fraction of sp³-hybridized carbons (Fsp3) is 0.200. The van der Waals surface area contributed by atoms with Gasteiger partial charge in [0.15, 0.2) is 0 Å². The fourth-order valence-electron chi connectivity index (χ4n) is 2.05. The van der Waals surface area contributed by atoms with Crippen molar-refractivity contribution in [3.05, 3.63) is 54.6 Å². The number of rotatable bonds is 4. The highest BCUT2D eigenvalue weighted by molar-refractivity contribution is 5.91. The van der Waals surface area contributed by atoms with E-state index in [1.807, 2.05) is 36.4 Å². The molecule has 0 saturated heterocycles. The van der Waals surface area contributed by atoms with Gasteiger partial charge in [0, 0.05) is 5.39 Å². The highest BCUT2D eigenvalue weighted by Gasteiger charge is 2.11. The van der Waals surface area contributed by atoms with Gasteiger partial charge in [-0.25, -0.2) is 0 Å². The van der Waals surface area contributed by atoms with Crippen molar-refractivity contribution in [3.8, 4) is 5.75 Å². The van der Waals surface area contributed by atoms with Crippen LogP contribution in [0.3, 0.4) is 0 Å². The molecule has 0 aliphatic heterocycles. The molecule has 2 rings (SSSR count). The maximum absolute atomic E-state index is 10.1. The van der Waals surface area contributed by atoms with Crippen molar-refractivity contribution in [3.63, 3.8) is 0 Å². The van der Waals surface area contributed by atoms with Crippen LogP contribution in [0.15, 0.2) is 49.1 Å². The zero-order valence-electron chi connectivity index (χ0n) is 9.89. The Kier molecular flexibility index (Phi) is 3.45. The number of benzene rings is 2. The lowest BCUT2D eigenvalue weighted by Gasteiger charge is -2.14. The van der Waals surface area contributed by atoms with Gasteiger partial charge in [-0.1, -0.05) is 36.4 Å². The van der Waals surface area contributed by atoms with E-state index in [9.17, 15) is 5.11 Å². The summed E-state index contributed by atoms with van der Waals surface area (Å²) in [4.78, 5) is 0. The van der Waals surface area contributed by atoms with Crippen LogP contribution in [0.5, 0.6) is 5.75 Å². The molecule has 0 saturated carbocycles. The molecule has 2 heteroatoms. The topological polar surface area (TPSA) is 29.5 Å². The Balaban J connectivity index is 2.62. The first kappa shape index (κ1) is 11.7. The Bertz CT molecular complexity index is 531. The standard InChI is InChI=1S/C15H16O2/c1-3-6-14(16)12-9-10-15(17-2)13-8-5-4-7-11(12)13/h3-5,7-10,14,16H,1,6H2,2H3. The summed E-state index contributed by atoms with van der Waals surface area (Å²) in [7, 11) is 1.65. The van der Waals surface area contributed by atoms with Crippen LogP contribution in [0.4, 0.5) is 0 Å². The molecule has 0 spiro atoms. The number of aliphatic hydroxyl groups excluding tert-OH is 1. The molecule has 1 atom stereocenters. The van der Waals surface area contributed by atoms with Crippen LogP contribution in [-0.4, -0.2) is 12.2 Å². The predicted octanol–water partition coefficient (Wildman–Crippen LogP) is 3.46. The number of fused-ring (bicyclic) bond motifs is 1. The quantitative estimate of drug-likeness (QED) is 0.812. The Morgan fingerprint density at radius 1 is 1.24 bits per heavy atom. The summed E-state index contributed by atoms with van der Waals surface area (Å²) >= 11 is 0. The lowest BCUT2D eigenvalue weighted by Crippen LogP contribution is -1.97. The van der Waals surface area contributed by atoms with Crippen molar-refractivity contribution in [2.24, 2.45) is 0 Å². The summed E-state index contributed by atoms with van der Waals surface area (Å²) in [6.45, 7) is 3.66. The third-order valence-corrected chi connectivity index (χ3v) is 2.89. The highest BCUT2D eigenvalue weighted by Crippen LogP contribution is 2.32. The summed E-state index contributed by atoms with van der Waals surface area (Å²) in [6, 6.07) is 11.7. The lowest BCUT2D eigenvalue weighted by atomic mass is 9.98. The van der Waals surface area contributed by atoms with Crippen molar-refractivity contribution < 1.29 is 9.84 Å². The summed E-state index contributed by atoms with van der Waals surface area (Å²) in [5.41, 5.74) is 0.918.